The van der Waals surface area contributed by atoms with Gasteiger partial charge in [0, 0.05) is 5.69 Å². The van der Waals surface area contributed by atoms with Gasteiger partial charge < -0.3 is 15.9 Å². The molecule has 0 aliphatic heterocycles. The first kappa shape index (κ1) is 19.5. The Morgan fingerprint density at radius 1 is 1.12 bits per heavy atom. The van der Waals surface area contributed by atoms with E-state index in [4.69, 9.17) is 15.9 Å². The van der Waals surface area contributed by atoms with Crippen LogP contribution in [0.2, 0.25) is 0 Å². The van der Waals surface area contributed by atoms with Gasteiger partial charge in [0.05, 0.1) is 12.8 Å². The van der Waals surface area contributed by atoms with Crippen LogP contribution in [0.3, 0.4) is 0 Å². The third-order valence-electron chi connectivity index (χ3n) is 3.80. The Morgan fingerprint density at radius 3 is 2.62 bits per heavy atom. The van der Waals surface area contributed by atoms with Crippen molar-refractivity contribution in [1.29, 1.82) is 0 Å². The molecule has 0 fully saturated rings. The number of nitrogens with two attached hydrogens (primary N) is 2. The van der Waals surface area contributed by atoms with Crippen molar-refractivity contribution < 1.29 is 4.42 Å². The summed E-state index contributed by atoms with van der Waals surface area (Å²) in [5.74, 6) is 0.718. The van der Waals surface area contributed by atoms with E-state index in [0.29, 0.717) is 29.2 Å². The molecule has 4 N–H and O–H groups in total. The summed E-state index contributed by atoms with van der Waals surface area (Å²) in [4.78, 5) is 8.51. The second kappa shape index (κ2) is 7.59. The number of benzene rings is 1. The summed E-state index contributed by atoms with van der Waals surface area (Å²) >= 11 is 0. The molecule has 0 saturated heterocycles. The molecule has 26 heavy (non-hydrogen) atoms. The summed E-state index contributed by atoms with van der Waals surface area (Å²) in [7, 11) is 0. The average Bonchev–Trinajstić information content (AvgIpc) is 3.21. The quantitative estimate of drug-likeness (QED) is 0.513. The zero-order valence-corrected chi connectivity index (χ0v) is 15.4. The van der Waals surface area contributed by atoms with Crippen LogP contribution in [0, 0.1) is 6.92 Å². The van der Waals surface area contributed by atoms with Gasteiger partial charge in [0.25, 0.3) is 0 Å². The Hall–Kier alpha value is -2.84. The van der Waals surface area contributed by atoms with E-state index >= 15 is 0 Å². The number of hydrogen-bond donors (Lipinski definition) is 2. The van der Waals surface area contributed by atoms with Gasteiger partial charge in [-0.15, -0.1) is 29.9 Å². The van der Waals surface area contributed by atoms with Gasteiger partial charge in [-0.05, 0) is 36.2 Å². The summed E-state index contributed by atoms with van der Waals surface area (Å²) in [5, 5.41) is 8.39. The van der Waals surface area contributed by atoms with E-state index in [1.165, 1.54) is 0 Å². The van der Waals surface area contributed by atoms with E-state index in [2.05, 4.69) is 20.3 Å². The van der Waals surface area contributed by atoms with Gasteiger partial charge in [0.2, 0.25) is 5.95 Å². The van der Waals surface area contributed by atoms with Crippen LogP contribution in [0.4, 0.5) is 11.6 Å². The number of aryl methyl sites for hydroxylation is 1. The van der Waals surface area contributed by atoms with Crippen molar-refractivity contribution in [3.05, 3.63) is 47.7 Å². The maximum Gasteiger partial charge on any atom is 0.222 e. The molecule has 3 heterocycles. The monoisotopic (exact) mass is 393 g/mol. The average molecular weight is 394 g/mol. The Balaban J connectivity index is 0.00000121. The standard InChI is InChI=1S/C16H15N7O.2ClH/c1-9-7-10(4-5-11(9)17)8-23-15-14(21-22-23)13(19-16(18)20-15)12-3-2-6-24-12;;/h2-7H,8,17H2,1H3,(H2,18,19,20);2*1H. The fraction of sp³-hybridized carbons (Fsp3) is 0.125. The maximum absolute atomic E-state index is 5.86. The third-order valence-corrected chi connectivity index (χ3v) is 3.80. The summed E-state index contributed by atoms with van der Waals surface area (Å²) in [5.41, 5.74) is 16.2. The number of rotatable bonds is 3. The van der Waals surface area contributed by atoms with Crippen LogP contribution < -0.4 is 11.5 Å². The number of halogens is 2. The molecule has 0 aliphatic carbocycles. The number of nitrogens with zero attached hydrogens (tertiary/aromatic N) is 5. The number of nitrogen functional groups attached to an aromatic ring is 2. The number of aromatic nitrogens is 5. The second-order valence-electron chi connectivity index (χ2n) is 5.52. The molecule has 10 heteroatoms. The lowest BCUT2D eigenvalue weighted by Gasteiger charge is -2.06. The molecule has 0 spiro atoms. The third kappa shape index (κ3) is 3.42. The molecule has 0 radical (unpaired) electrons. The van der Waals surface area contributed by atoms with Crippen LogP contribution in [-0.2, 0) is 6.54 Å². The summed E-state index contributed by atoms with van der Waals surface area (Å²) in [6, 6.07) is 9.42. The van der Waals surface area contributed by atoms with E-state index in [9.17, 15) is 0 Å². The molecule has 0 atom stereocenters. The zero-order valence-electron chi connectivity index (χ0n) is 13.8. The van der Waals surface area contributed by atoms with Crippen molar-refractivity contribution >= 4 is 47.6 Å². The smallest absolute Gasteiger partial charge is 0.222 e. The van der Waals surface area contributed by atoms with Crippen molar-refractivity contribution in [2.24, 2.45) is 0 Å². The van der Waals surface area contributed by atoms with Crippen molar-refractivity contribution in [2.75, 3.05) is 11.5 Å². The predicted octanol–water partition coefficient (Wildman–Crippen LogP) is 2.85. The van der Waals surface area contributed by atoms with Crippen LogP contribution in [0.25, 0.3) is 22.6 Å². The molecule has 0 bridgehead atoms. The molecule has 0 saturated carbocycles. The molecular weight excluding hydrogens is 377 g/mol. The molecule has 1 aromatic carbocycles. The number of fused-ring (bicyclic) bond motifs is 1. The Bertz CT molecular complexity index is 1030. The number of furan rings is 1. The molecule has 3 aromatic heterocycles. The van der Waals surface area contributed by atoms with Crippen molar-refractivity contribution in [1.82, 2.24) is 25.0 Å². The molecule has 4 aromatic rings. The van der Waals surface area contributed by atoms with Crippen LogP contribution in [0.5, 0.6) is 0 Å². The molecule has 4 rings (SSSR count). The fourth-order valence-electron chi connectivity index (χ4n) is 2.57. The normalized spacial score (nSPS) is 10.3. The lowest BCUT2D eigenvalue weighted by Crippen LogP contribution is -2.05. The zero-order chi connectivity index (χ0) is 16.7. The molecule has 0 unspecified atom stereocenters. The minimum Gasteiger partial charge on any atom is -0.463 e. The first-order valence-electron chi connectivity index (χ1n) is 7.37. The SMILES string of the molecule is Cc1cc(Cn2nnc3c(-c4ccco4)nc(N)nc32)ccc1N.Cl.Cl. The molecule has 136 valence electrons. The molecular formula is C16H17Cl2N7O. The minimum atomic E-state index is 0. The Kier molecular flexibility index (Phi) is 5.69. The van der Waals surface area contributed by atoms with E-state index in [-0.39, 0.29) is 30.8 Å². The minimum absolute atomic E-state index is 0. The van der Waals surface area contributed by atoms with Gasteiger partial charge in [0.15, 0.2) is 16.9 Å². The van der Waals surface area contributed by atoms with Crippen LogP contribution in [0.15, 0.2) is 41.0 Å². The molecule has 0 amide bonds. The van der Waals surface area contributed by atoms with Gasteiger partial charge in [-0.3, -0.25) is 0 Å². The van der Waals surface area contributed by atoms with E-state index in [0.717, 1.165) is 16.8 Å². The van der Waals surface area contributed by atoms with E-state index < -0.39 is 0 Å². The Morgan fingerprint density at radius 2 is 1.92 bits per heavy atom. The highest BCUT2D eigenvalue weighted by atomic mass is 35.5. The first-order chi connectivity index (χ1) is 11.6. The van der Waals surface area contributed by atoms with Crippen LogP contribution in [0.1, 0.15) is 11.1 Å². The van der Waals surface area contributed by atoms with Gasteiger partial charge in [-0.2, -0.15) is 4.98 Å². The van der Waals surface area contributed by atoms with Gasteiger partial charge in [-0.1, -0.05) is 17.3 Å². The highest BCUT2D eigenvalue weighted by Gasteiger charge is 2.17. The first-order valence-corrected chi connectivity index (χ1v) is 7.37. The van der Waals surface area contributed by atoms with E-state index in [1.54, 1.807) is 23.1 Å². The summed E-state index contributed by atoms with van der Waals surface area (Å²) in [6.07, 6.45) is 1.57. The largest absolute Gasteiger partial charge is 0.463 e. The molecule has 8 nitrogen and oxygen atoms in total. The Labute approximate surface area is 161 Å². The van der Waals surface area contributed by atoms with Crippen molar-refractivity contribution in [2.45, 2.75) is 13.5 Å². The van der Waals surface area contributed by atoms with E-state index in [1.807, 2.05) is 25.1 Å². The highest BCUT2D eigenvalue weighted by molar-refractivity contribution is 5.86. The van der Waals surface area contributed by atoms with Crippen LogP contribution in [-0.4, -0.2) is 25.0 Å². The maximum atomic E-state index is 5.86. The van der Waals surface area contributed by atoms with Gasteiger partial charge in [-0.25, -0.2) is 9.67 Å². The number of anilines is 2. The fourth-order valence-corrected chi connectivity index (χ4v) is 2.57. The lowest BCUT2D eigenvalue weighted by atomic mass is 10.1. The van der Waals surface area contributed by atoms with Gasteiger partial charge >= 0.3 is 0 Å². The van der Waals surface area contributed by atoms with Gasteiger partial charge in [0.1, 0.15) is 5.69 Å². The van der Waals surface area contributed by atoms with Crippen molar-refractivity contribution in [3.63, 3.8) is 0 Å². The summed E-state index contributed by atoms with van der Waals surface area (Å²) in [6.45, 7) is 2.47. The highest BCUT2D eigenvalue weighted by Crippen LogP contribution is 2.25. The topological polar surface area (TPSA) is 122 Å². The predicted molar refractivity (Wildman–Crippen MR) is 104 cm³/mol. The van der Waals surface area contributed by atoms with Crippen molar-refractivity contribution in [3.8, 4) is 11.5 Å². The molecule has 0 aliphatic rings. The number of hydrogen-bond acceptors (Lipinski definition) is 7. The van der Waals surface area contributed by atoms with Crippen LogP contribution >= 0.6 is 24.8 Å². The lowest BCUT2D eigenvalue weighted by molar-refractivity contribution is 0.580. The second-order valence-corrected chi connectivity index (χ2v) is 5.52. The summed E-state index contributed by atoms with van der Waals surface area (Å²) < 4.78 is 7.09.